The van der Waals surface area contributed by atoms with E-state index in [0.717, 1.165) is 19.3 Å². The minimum Gasteiger partial charge on any atom is -0.436 e. The first kappa shape index (κ1) is 26.6. The topological polar surface area (TPSA) is 108 Å². The lowest BCUT2D eigenvalue weighted by Gasteiger charge is -2.39. The number of nitrogens with one attached hydrogen (secondary N) is 2. The molecule has 208 valence electrons. The highest BCUT2D eigenvalue weighted by atomic mass is 19.3. The number of halogens is 2. The Bertz CT molecular complexity index is 1080. The van der Waals surface area contributed by atoms with E-state index in [4.69, 9.17) is 4.74 Å². The number of fused-ring (bicyclic) bond motifs is 2. The largest absolute Gasteiger partial charge is 0.436 e. The van der Waals surface area contributed by atoms with Crippen molar-refractivity contribution in [3.8, 4) is 0 Å². The number of carbonyl (C=O) groups excluding carboxylic acids is 4. The summed E-state index contributed by atoms with van der Waals surface area (Å²) in [4.78, 5) is 54.5. The summed E-state index contributed by atoms with van der Waals surface area (Å²) in [5.74, 6) is -3.47. The Labute approximate surface area is 221 Å². The molecule has 11 heteroatoms. The number of amides is 4. The highest BCUT2D eigenvalue weighted by Crippen LogP contribution is 2.48. The van der Waals surface area contributed by atoms with Crippen LogP contribution in [-0.2, 0) is 14.3 Å². The fourth-order valence-electron chi connectivity index (χ4n) is 7.16. The Morgan fingerprint density at radius 1 is 1.08 bits per heavy atom. The zero-order valence-electron chi connectivity index (χ0n) is 21.9. The monoisotopic (exact) mass is 534 g/mol. The Kier molecular flexibility index (Phi) is 6.98. The number of ether oxygens (including phenoxy) is 1. The lowest BCUT2D eigenvalue weighted by atomic mass is 9.81. The van der Waals surface area contributed by atoms with Gasteiger partial charge < -0.3 is 20.3 Å². The van der Waals surface area contributed by atoms with Crippen LogP contribution >= 0.6 is 0 Å². The number of allylic oxidation sites excluding steroid dienone is 3. The molecule has 0 bridgehead atoms. The standard InChI is InChI=1S/C27H36F2N4O5/c1-3-17-4-7-21(16-8-12-27(28,29)13-9-16)33(17)22(34)14-32-15-26(38-25(32)37)11-10-18-19(26)5-6-20(23(18)35)31-24(36)30-2/h5-6,16-18,21H,3-4,7-15H2,1-2H3,(H2,30,31,36)/t17-,18?,21+,26+/m1/s1. The molecule has 4 atom stereocenters. The van der Waals surface area contributed by atoms with Crippen LogP contribution in [0.2, 0.25) is 0 Å². The van der Waals surface area contributed by atoms with Crippen molar-refractivity contribution in [1.82, 2.24) is 20.4 Å². The van der Waals surface area contributed by atoms with E-state index in [0.29, 0.717) is 31.3 Å². The van der Waals surface area contributed by atoms with Crippen LogP contribution in [-0.4, -0.2) is 77.4 Å². The molecule has 3 aliphatic carbocycles. The van der Waals surface area contributed by atoms with Crippen molar-refractivity contribution in [2.24, 2.45) is 11.8 Å². The summed E-state index contributed by atoms with van der Waals surface area (Å²) in [7, 11) is 1.46. The minimum atomic E-state index is -2.62. The number of carbonyl (C=O) groups is 4. The molecule has 4 amide bonds. The number of hydrogen-bond acceptors (Lipinski definition) is 5. The molecule has 9 nitrogen and oxygen atoms in total. The summed E-state index contributed by atoms with van der Waals surface area (Å²) in [6, 6.07) is -0.533. The predicted molar refractivity (Wildman–Crippen MR) is 133 cm³/mol. The summed E-state index contributed by atoms with van der Waals surface area (Å²) in [5, 5.41) is 4.96. The smallest absolute Gasteiger partial charge is 0.411 e. The molecule has 2 aliphatic heterocycles. The first-order valence-corrected chi connectivity index (χ1v) is 13.7. The Hall–Kier alpha value is -2.98. The van der Waals surface area contributed by atoms with Crippen molar-refractivity contribution in [3.05, 3.63) is 23.4 Å². The quantitative estimate of drug-likeness (QED) is 0.561. The second-order valence-corrected chi connectivity index (χ2v) is 11.3. The molecule has 0 aromatic rings. The van der Waals surface area contributed by atoms with Crippen LogP contribution < -0.4 is 10.6 Å². The van der Waals surface area contributed by atoms with E-state index in [9.17, 15) is 28.0 Å². The lowest BCUT2D eigenvalue weighted by Crippen LogP contribution is -2.50. The van der Waals surface area contributed by atoms with Gasteiger partial charge in [0, 0.05) is 37.9 Å². The number of hydrogen-bond donors (Lipinski definition) is 2. The van der Waals surface area contributed by atoms with Crippen LogP contribution in [0, 0.1) is 11.8 Å². The van der Waals surface area contributed by atoms with Crippen LogP contribution in [0.4, 0.5) is 18.4 Å². The summed E-state index contributed by atoms with van der Waals surface area (Å²) < 4.78 is 33.4. The van der Waals surface area contributed by atoms with Crippen LogP contribution in [0.25, 0.3) is 0 Å². The molecule has 5 rings (SSSR count). The highest BCUT2D eigenvalue weighted by molar-refractivity contribution is 6.03. The molecule has 4 fully saturated rings. The van der Waals surface area contributed by atoms with Crippen molar-refractivity contribution in [3.63, 3.8) is 0 Å². The molecule has 1 unspecified atom stereocenters. The van der Waals surface area contributed by atoms with Gasteiger partial charge in [0.15, 0.2) is 11.4 Å². The van der Waals surface area contributed by atoms with Gasteiger partial charge in [0.05, 0.1) is 12.2 Å². The van der Waals surface area contributed by atoms with E-state index in [-0.39, 0.29) is 61.3 Å². The van der Waals surface area contributed by atoms with Crippen LogP contribution in [0.1, 0.15) is 64.7 Å². The number of rotatable bonds is 5. The molecular weight excluding hydrogens is 498 g/mol. The van der Waals surface area contributed by atoms with E-state index >= 15 is 0 Å². The van der Waals surface area contributed by atoms with Gasteiger partial charge in [-0.3, -0.25) is 14.5 Å². The first-order chi connectivity index (χ1) is 18.1. The molecule has 0 aromatic heterocycles. The number of Topliss-reactive ketones (excluding diaryl/α,β-unsaturated/α-hetero) is 1. The third-order valence-corrected chi connectivity index (χ3v) is 9.15. The zero-order chi connectivity index (χ0) is 27.2. The first-order valence-electron chi connectivity index (χ1n) is 13.7. The molecule has 2 saturated carbocycles. The van der Waals surface area contributed by atoms with Crippen molar-refractivity contribution in [1.29, 1.82) is 0 Å². The van der Waals surface area contributed by atoms with Gasteiger partial charge in [-0.15, -0.1) is 0 Å². The minimum absolute atomic E-state index is 0.0356. The molecule has 0 radical (unpaired) electrons. The van der Waals surface area contributed by atoms with Gasteiger partial charge >= 0.3 is 12.1 Å². The van der Waals surface area contributed by atoms with E-state index in [1.807, 2.05) is 11.8 Å². The second kappa shape index (κ2) is 9.96. The molecule has 38 heavy (non-hydrogen) atoms. The van der Waals surface area contributed by atoms with Crippen molar-refractivity contribution in [2.45, 2.75) is 88.3 Å². The lowest BCUT2D eigenvalue weighted by molar-refractivity contribution is -0.137. The molecular formula is C27H36F2N4O5. The highest BCUT2D eigenvalue weighted by Gasteiger charge is 2.56. The summed E-state index contributed by atoms with van der Waals surface area (Å²) in [5.41, 5.74) is -0.0875. The number of nitrogens with zero attached hydrogens (tertiary/aromatic N) is 2. The van der Waals surface area contributed by atoms with Gasteiger partial charge in [-0.05, 0) is 62.5 Å². The van der Waals surface area contributed by atoms with E-state index in [1.165, 1.54) is 18.0 Å². The second-order valence-electron chi connectivity index (χ2n) is 11.3. The number of urea groups is 1. The van der Waals surface area contributed by atoms with Crippen LogP contribution in [0.15, 0.2) is 23.4 Å². The molecule has 2 N–H and O–H groups in total. The van der Waals surface area contributed by atoms with Gasteiger partial charge in [-0.1, -0.05) is 13.0 Å². The number of ketones is 1. The molecule has 2 saturated heterocycles. The maximum atomic E-state index is 13.8. The average molecular weight is 535 g/mol. The van der Waals surface area contributed by atoms with Gasteiger partial charge in [-0.25, -0.2) is 18.4 Å². The SMILES string of the molecule is CC[C@@H]1CC[C@@H](C2CCC(F)(F)CC2)N1C(=O)CN1C[C@]2(CCC3C(=O)C(NC(=O)NC)=CC=C32)OC1=O. The number of alkyl halides is 2. The van der Waals surface area contributed by atoms with E-state index in [1.54, 1.807) is 6.08 Å². The van der Waals surface area contributed by atoms with Crippen LogP contribution in [0.5, 0.6) is 0 Å². The molecule has 5 aliphatic rings. The van der Waals surface area contributed by atoms with Gasteiger partial charge in [0.25, 0.3) is 0 Å². The van der Waals surface area contributed by atoms with Gasteiger partial charge in [-0.2, -0.15) is 0 Å². The van der Waals surface area contributed by atoms with Crippen molar-refractivity contribution in [2.75, 3.05) is 20.1 Å². The fourth-order valence-corrected chi connectivity index (χ4v) is 7.16. The maximum absolute atomic E-state index is 13.8. The van der Waals surface area contributed by atoms with Crippen molar-refractivity contribution < 1.29 is 32.7 Å². The van der Waals surface area contributed by atoms with Crippen LogP contribution in [0.3, 0.4) is 0 Å². The summed E-state index contributed by atoms with van der Waals surface area (Å²) in [6.45, 7) is 2.05. The third-order valence-electron chi connectivity index (χ3n) is 9.15. The molecule has 0 aromatic carbocycles. The summed E-state index contributed by atoms with van der Waals surface area (Å²) >= 11 is 0. The van der Waals surface area contributed by atoms with E-state index in [2.05, 4.69) is 10.6 Å². The molecule has 2 heterocycles. The molecule has 1 spiro atoms. The Morgan fingerprint density at radius 2 is 1.82 bits per heavy atom. The Morgan fingerprint density at radius 3 is 2.50 bits per heavy atom. The normalized spacial score (nSPS) is 32.7. The van der Waals surface area contributed by atoms with Gasteiger partial charge in [0.1, 0.15) is 6.54 Å². The fraction of sp³-hybridized carbons (Fsp3) is 0.704. The van der Waals surface area contributed by atoms with Gasteiger partial charge in [0.2, 0.25) is 11.8 Å². The summed E-state index contributed by atoms with van der Waals surface area (Å²) in [6.07, 6.45) is 6.54. The van der Waals surface area contributed by atoms with E-state index < -0.39 is 29.6 Å². The third kappa shape index (κ3) is 4.68. The Balaban J connectivity index is 1.29. The maximum Gasteiger partial charge on any atom is 0.411 e. The average Bonchev–Trinajstić information content (AvgIpc) is 3.56. The van der Waals surface area contributed by atoms with Crippen molar-refractivity contribution >= 4 is 23.8 Å². The number of likely N-dealkylation sites (tertiary alicyclic amines) is 1. The predicted octanol–water partition coefficient (Wildman–Crippen LogP) is 3.50. The zero-order valence-corrected chi connectivity index (χ0v) is 21.9.